The lowest BCUT2D eigenvalue weighted by Gasteiger charge is -2.34. The maximum Gasteiger partial charge on any atom is 0.137 e. The SMILES string of the molecule is Cc1ccc(C[C@H](CC(=O)[C@@H](C(C)C)C(C)(C)C)CC(C)C)cc1. The van der Waals surface area contributed by atoms with Gasteiger partial charge in [-0.3, -0.25) is 4.79 Å². The molecule has 136 valence electrons. The maximum absolute atomic E-state index is 13.1. The van der Waals surface area contributed by atoms with E-state index in [9.17, 15) is 4.79 Å². The third kappa shape index (κ3) is 6.79. The molecule has 0 aliphatic heterocycles. The smallest absolute Gasteiger partial charge is 0.137 e. The molecule has 0 N–H and O–H groups in total. The van der Waals surface area contributed by atoms with Gasteiger partial charge in [-0.1, -0.05) is 78.3 Å². The van der Waals surface area contributed by atoms with Crippen LogP contribution >= 0.6 is 0 Å². The zero-order valence-corrected chi connectivity index (χ0v) is 17.1. The van der Waals surface area contributed by atoms with Crippen molar-refractivity contribution in [1.82, 2.24) is 0 Å². The van der Waals surface area contributed by atoms with Crippen molar-refractivity contribution in [2.24, 2.45) is 29.1 Å². The Morgan fingerprint density at radius 2 is 1.54 bits per heavy atom. The molecule has 1 nitrogen and oxygen atoms in total. The first kappa shape index (κ1) is 20.9. The molecule has 0 amide bonds. The zero-order chi connectivity index (χ0) is 18.5. The highest BCUT2D eigenvalue weighted by Crippen LogP contribution is 2.35. The molecule has 0 unspecified atom stereocenters. The molecule has 0 spiro atoms. The van der Waals surface area contributed by atoms with Gasteiger partial charge in [0.2, 0.25) is 0 Å². The Bertz CT molecular complexity index is 502. The molecule has 1 aromatic rings. The van der Waals surface area contributed by atoms with E-state index in [2.05, 4.69) is 79.7 Å². The van der Waals surface area contributed by atoms with Gasteiger partial charge in [0.1, 0.15) is 5.78 Å². The molecule has 0 aromatic heterocycles. The van der Waals surface area contributed by atoms with E-state index in [1.807, 2.05) is 0 Å². The largest absolute Gasteiger partial charge is 0.299 e. The highest BCUT2D eigenvalue weighted by atomic mass is 16.1. The Morgan fingerprint density at radius 3 is 1.96 bits per heavy atom. The number of hydrogen-bond donors (Lipinski definition) is 0. The number of hydrogen-bond acceptors (Lipinski definition) is 1. The highest BCUT2D eigenvalue weighted by molar-refractivity contribution is 5.82. The first-order chi connectivity index (χ1) is 11.0. The minimum absolute atomic E-state index is 0.0392. The van der Waals surface area contributed by atoms with Crippen LogP contribution in [0, 0.1) is 36.0 Å². The third-order valence-electron chi connectivity index (χ3n) is 4.89. The van der Waals surface area contributed by atoms with Crippen molar-refractivity contribution >= 4 is 5.78 Å². The summed E-state index contributed by atoms with van der Waals surface area (Å²) in [5.41, 5.74) is 2.69. The number of carbonyl (C=O) groups is 1. The van der Waals surface area contributed by atoms with Crippen molar-refractivity contribution in [2.45, 2.75) is 74.7 Å². The number of Topliss-reactive ketones (excluding diaryl/α,β-unsaturated/α-hetero) is 1. The van der Waals surface area contributed by atoms with E-state index >= 15 is 0 Å². The van der Waals surface area contributed by atoms with Crippen LogP contribution in [0.4, 0.5) is 0 Å². The van der Waals surface area contributed by atoms with Crippen molar-refractivity contribution in [2.75, 3.05) is 0 Å². The van der Waals surface area contributed by atoms with Crippen molar-refractivity contribution < 1.29 is 4.79 Å². The Balaban J connectivity index is 2.88. The van der Waals surface area contributed by atoms with Gasteiger partial charge >= 0.3 is 0 Å². The van der Waals surface area contributed by atoms with Crippen LogP contribution in [-0.4, -0.2) is 5.78 Å². The van der Waals surface area contributed by atoms with Crippen LogP contribution in [-0.2, 0) is 11.2 Å². The molecule has 0 saturated carbocycles. The van der Waals surface area contributed by atoms with Crippen LogP contribution < -0.4 is 0 Å². The van der Waals surface area contributed by atoms with E-state index in [-0.39, 0.29) is 11.3 Å². The maximum atomic E-state index is 13.1. The second-order valence-electron chi connectivity index (χ2n) is 9.44. The summed E-state index contributed by atoms with van der Waals surface area (Å²) in [6, 6.07) is 8.79. The summed E-state index contributed by atoms with van der Waals surface area (Å²) < 4.78 is 0. The fraction of sp³-hybridized carbons (Fsp3) is 0.696. The summed E-state index contributed by atoms with van der Waals surface area (Å²) in [5, 5.41) is 0. The molecule has 0 radical (unpaired) electrons. The minimum Gasteiger partial charge on any atom is -0.299 e. The Hall–Kier alpha value is -1.11. The van der Waals surface area contributed by atoms with Gasteiger partial charge in [-0.2, -0.15) is 0 Å². The Kier molecular flexibility index (Phi) is 7.70. The van der Waals surface area contributed by atoms with Crippen molar-refractivity contribution in [3.8, 4) is 0 Å². The lowest BCUT2D eigenvalue weighted by Crippen LogP contribution is -2.34. The van der Waals surface area contributed by atoms with Gasteiger partial charge in [0, 0.05) is 12.3 Å². The van der Waals surface area contributed by atoms with E-state index in [0.29, 0.717) is 30.0 Å². The second kappa shape index (κ2) is 8.83. The topological polar surface area (TPSA) is 17.1 Å². The van der Waals surface area contributed by atoms with Crippen molar-refractivity contribution in [3.63, 3.8) is 0 Å². The number of carbonyl (C=O) groups excluding carboxylic acids is 1. The molecule has 1 heteroatoms. The molecule has 1 aromatic carbocycles. The summed E-state index contributed by atoms with van der Waals surface area (Å²) in [4.78, 5) is 13.1. The Labute approximate surface area is 150 Å². The van der Waals surface area contributed by atoms with Gasteiger partial charge in [0.15, 0.2) is 0 Å². The van der Waals surface area contributed by atoms with E-state index in [0.717, 1.165) is 12.8 Å². The number of ketones is 1. The highest BCUT2D eigenvalue weighted by Gasteiger charge is 2.34. The third-order valence-corrected chi connectivity index (χ3v) is 4.89. The summed E-state index contributed by atoms with van der Waals surface area (Å²) >= 11 is 0. The fourth-order valence-corrected chi connectivity index (χ4v) is 4.23. The fourth-order valence-electron chi connectivity index (χ4n) is 4.23. The molecule has 0 aliphatic carbocycles. The van der Waals surface area contributed by atoms with E-state index in [4.69, 9.17) is 0 Å². The molecule has 0 aliphatic rings. The van der Waals surface area contributed by atoms with Gasteiger partial charge in [0.05, 0.1) is 0 Å². The van der Waals surface area contributed by atoms with Crippen molar-refractivity contribution in [1.29, 1.82) is 0 Å². The van der Waals surface area contributed by atoms with Gasteiger partial charge in [-0.15, -0.1) is 0 Å². The van der Waals surface area contributed by atoms with Crippen LogP contribution in [0.2, 0.25) is 0 Å². The molecule has 2 atom stereocenters. The number of aryl methyl sites for hydroxylation is 1. The van der Waals surface area contributed by atoms with E-state index < -0.39 is 0 Å². The monoisotopic (exact) mass is 330 g/mol. The molecule has 0 heterocycles. The summed E-state index contributed by atoms with van der Waals surface area (Å²) in [7, 11) is 0. The lowest BCUT2D eigenvalue weighted by molar-refractivity contribution is -0.129. The first-order valence-corrected chi connectivity index (χ1v) is 9.59. The molecule has 24 heavy (non-hydrogen) atoms. The molecule has 0 bridgehead atoms. The quantitative estimate of drug-likeness (QED) is 0.533. The molecular formula is C23H38O. The van der Waals surface area contributed by atoms with Gasteiger partial charge in [-0.05, 0) is 48.5 Å². The average Bonchev–Trinajstić information content (AvgIpc) is 2.38. The van der Waals surface area contributed by atoms with Gasteiger partial charge < -0.3 is 0 Å². The zero-order valence-electron chi connectivity index (χ0n) is 17.1. The minimum atomic E-state index is 0.0392. The van der Waals surface area contributed by atoms with E-state index in [1.54, 1.807) is 0 Å². The standard InChI is InChI=1S/C23H38O/c1-16(2)13-20(14-19-11-9-18(5)10-12-19)15-21(24)22(17(3)4)23(6,7)8/h9-12,16-17,20,22H,13-15H2,1-8H3/t20-,22-/m1/s1. The number of rotatable bonds is 8. The normalized spacial score (nSPS) is 14.9. The van der Waals surface area contributed by atoms with Crippen LogP contribution in [0.5, 0.6) is 0 Å². The van der Waals surface area contributed by atoms with Gasteiger partial charge in [0.25, 0.3) is 0 Å². The van der Waals surface area contributed by atoms with Crippen molar-refractivity contribution in [3.05, 3.63) is 35.4 Å². The van der Waals surface area contributed by atoms with Gasteiger partial charge in [-0.25, -0.2) is 0 Å². The predicted molar refractivity (Wildman–Crippen MR) is 105 cm³/mol. The van der Waals surface area contributed by atoms with Crippen LogP contribution in [0.25, 0.3) is 0 Å². The summed E-state index contributed by atoms with van der Waals surface area (Å²) in [5.74, 6) is 2.07. The molecule has 1 rings (SSSR count). The van der Waals surface area contributed by atoms with Crippen LogP contribution in [0.1, 0.15) is 72.4 Å². The van der Waals surface area contributed by atoms with Crippen LogP contribution in [0.15, 0.2) is 24.3 Å². The summed E-state index contributed by atoms with van der Waals surface area (Å²) in [6.07, 6.45) is 2.85. The Morgan fingerprint density at radius 1 is 1.00 bits per heavy atom. The lowest BCUT2D eigenvalue weighted by atomic mass is 9.70. The van der Waals surface area contributed by atoms with Crippen LogP contribution in [0.3, 0.4) is 0 Å². The predicted octanol–water partition coefficient (Wildman–Crippen LogP) is 6.48. The number of benzene rings is 1. The summed E-state index contributed by atoms with van der Waals surface area (Å²) in [6.45, 7) is 17.6. The second-order valence-corrected chi connectivity index (χ2v) is 9.44. The van der Waals surface area contributed by atoms with E-state index in [1.165, 1.54) is 11.1 Å². The first-order valence-electron chi connectivity index (χ1n) is 9.59. The molecular weight excluding hydrogens is 292 g/mol. The average molecular weight is 331 g/mol. The molecule has 0 fully saturated rings. The molecule has 0 saturated heterocycles.